The number of unbranched alkanes of at least 4 members (excludes halogenated alkanes) is 1. The van der Waals surface area contributed by atoms with Crippen molar-refractivity contribution >= 4 is 43.4 Å². The summed E-state index contributed by atoms with van der Waals surface area (Å²) in [6.45, 7) is 0. The molecule has 0 radical (unpaired) electrons. The number of alkyl halides is 1. The van der Waals surface area contributed by atoms with Crippen molar-refractivity contribution in [1.82, 2.24) is 9.97 Å². The standard InChI is InChI=1S/C8H11BrClN3O2S/c9-7-5-12-8(6-11-7)13-16(14,15)4-2-1-3-10/h5-6H,1-4H2,(H,12,13). The van der Waals surface area contributed by atoms with Crippen molar-refractivity contribution in [2.45, 2.75) is 12.8 Å². The van der Waals surface area contributed by atoms with Crippen LogP contribution in [0.4, 0.5) is 5.82 Å². The lowest BCUT2D eigenvalue weighted by atomic mass is 10.4. The summed E-state index contributed by atoms with van der Waals surface area (Å²) in [5.74, 6) is 0.722. The topological polar surface area (TPSA) is 72.0 Å². The van der Waals surface area contributed by atoms with Gasteiger partial charge in [-0.2, -0.15) is 0 Å². The summed E-state index contributed by atoms with van der Waals surface area (Å²) in [6, 6.07) is 0. The van der Waals surface area contributed by atoms with Crippen molar-refractivity contribution in [2.75, 3.05) is 16.4 Å². The number of rotatable bonds is 6. The average molecular weight is 329 g/mol. The highest BCUT2D eigenvalue weighted by atomic mass is 79.9. The second-order valence-electron chi connectivity index (χ2n) is 3.04. The molecule has 0 aliphatic heterocycles. The number of aromatic nitrogens is 2. The van der Waals surface area contributed by atoms with Gasteiger partial charge in [0.1, 0.15) is 4.60 Å². The Bertz CT molecular complexity index is 423. The van der Waals surface area contributed by atoms with Crippen LogP contribution < -0.4 is 4.72 Å². The molecule has 0 aliphatic carbocycles. The first-order valence-electron chi connectivity index (χ1n) is 4.57. The van der Waals surface area contributed by atoms with Crippen LogP contribution in [-0.2, 0) is 10.0 Å². The predicted molar refractivity (Wildman–Crippen MR) is 67.1 cm³/mol. The minimum atomic E-state index is -3.35. The fourth-order valence-corrected chi connectivity index (χ4v) is 2.47. The molecular weight excluding hydrogens is 318 g/mol. The maximum Gasteiger partial charge on any atom is 0.233 e. The van der Waals surface area contributed by atoms with E-state index in [1.165, 1.54) is 12.4 Å². The van der Waals surface area contributed by atoms with Crippen molar-refractivity contribution in [3.63, 3.8) is 0 Å². The first-order chi connectivity index (χ1) is 7.53. The third kappa shape index (κ3) is 5.09. The van der Waals surface area contributed by atoms with Crippen LogP contribution in [-0.4, -0.2) is 30.0 Å². The number of nitrogens with one attached hydrogen (secondary N) is 1. The van der Waals surface area contributed by atoms with E-state index in [4.69, 9.17) is 11.6 Å². The van der Waals surface area contributed by atoms with Crippen molar-refractivity contribution in [2.24, 2.45) is 0 Å². The van der Waals surface area contributed by atoms with Gasteiger partial charge in [0, 0.05) is 5.88 Å². The molecule has 0 saturated carbocycles. The van der Waals surface area contributed by atoms with E-state index in [0.717, 1.165) is 0 Å². The van der Waals surface area contributed by atoms with Crippen LogP contribution in [0.5, 0.6) is 0 Å². The zero-order chi connectivity index (χ0) is 12.0. The molecule has 1 heterocycles. The molecule has 5 nitrogen and oxygen atoms in total. The minimum absolute atomic E-state index is 0.0392. The highest BCUT2D eigenvalue weighted by Gasteiger charge is 2.10. The Morgan fingerprint density at radius 3 is 2.62 bits per heavy atom. The van der Waals surface area contributed by atoms with E-state index in [0.29, 0.717) is 23.3 Å². The van der Waals surface area contributed by atoms with Crippen molar-refractivity contribution < 1.29 is 8.42 Å². The zero-order valence-electron chi connectivity index (χ0n) is 8.36. The molecule has 0 aromatic carbocycles. The molecule has 1 aromatic heterocycles. The van der Waals surface area contributed by atoms with Gasteiger partial charge in [0.2, 0.25) is 10.0 Å². The zero-order valence-corrected chi connectivity index (χ0v) is 11.5. The molecule has 0 unspecified atom stereocenters. The van der Waals surface area contributed by atoms with E-state index >= 15 is 0 Å². The van der Waals surface area contributed by atoms with E-state index in [1.807, 2.05) is 0 Å². The predicted octanol–water partition coefficient (Wildman–Crippen LogP) is 2.00. The molecular formula is C8H11BrClN3O2S. The number of hydrogen-bond acceptors (Lipinski definition) is 4. The molecule has 0 atom stereocenters. The Labute approximate surface area is 108 Å². The lowest BCUT2D eigenvalue weighted by Crippen LogP contribution is -2.17. The lowest BCUT2D eigenvalue weighted by molar-refractivity contribution is 0.597. The number of halogens is 2. The number of sulfonamides is 1. The average Bonchev–Trinajstić information content (AvgIpc) is 2.21. The molecule has 16 heavy (non-hydrogen) atoms. The van der Waals surface area contributed by atoms with Crippen molar-refractivity contribution in [3.8, 4) is 0 Å². The Morgan fingerprint density at radius 1 is 1.31 bits per heavy atom. The monoisotopic (exact) mass is 327 g/mol. The van der Waals surface area contributed by atoms with Gasteiger partial charge in [-0.1, -0.05) is 0 Å². The Morgan fingerprint density at radius 2 is 2.06 bits per heavy atom. The molecule has 1 N–H and O–H groups in total. The Kier molecular flexibility index (Phi) is 5.43. The largest absolute Gasteiger partial charge is 0.266 e. The maximum absolute atomic E-state index is 11.5. The molecule has 90 valence electrons. The third-order valence-corrected chi connectivity index (χ3v) is 3.70. The van der Waals surface area contributed by atoms with Gasteiger partial charge in [0.25, 0.3) is 0 Å². The van der Waals surface area contributed by atoms with Gasteiger partial charge in [-0.25, -0.2) is 18.4 Å². The highest BCUT2D eigenvalue weighted by molar-refractivity contribution is 9.10. The quantitative estimate of drug-likeness (QED) is 0.640. The number of nitrogens with zero attached hydrogens (tertiary/aromatic N) is 2. The van der Waals surface area contributed by atoms with Gasteiger partial charge in [-0.05, 0) is 28.8 Å². The maximum atomic E-state index is 11.5. The van der Waals surface area contributed by atoms with Gasteiger partial charge in [-0.3, -0.25) is 4.72 Å². The second-order valence-corrected chi connectivity index (χ2v) is 6.07. The molecule has 0 amide bonds. The summed E-state index contributed by atoms with van der Waals surface area (Å²) in [4.78, 5) is 7.73. The van der Waals surface area contributed by atoms with Crippen LogP contribution in [0.15, 0.2) is 17.0 Å². The summed E-state index contributed by atoms with van der Waals surface area (Å²) in [6.07, 6.45) is 3.98. The minimum Gasteiger partial charge on any atom is -0.266 e. The molecule has 1 aromatic rings. The van der Waals surface area contributed by atoms with Crippen molar-refractivity contribution in [1.29, 1.82) is 0 Å². The van der Waals surface area contributed by atoms with Crippen molar-refractivity contribution in [3.05, 3.63) is 17.0 Å². The highest BCUT2D eigenvalue weighted by Crippen LogP contribution is 2.08. The third-order valence-electron chi connectivity index (χ3n) is 1.68. The van der Waals surface area contributed by atoms with Gasteiger partial charge in [-0.15, -0.1) is 11.6 Å². The van der Waals surface area contributed by atoms with E-state index in [2.05, 4.69) is 30.6 Å². The van der Waals surface area contributed by atoms with E-state index in [9.17, 15) is 8.42 Å². The van der Waals surface area contributed by atoms with Gasteiger partial charge >= 0.3 is 0 Å². The molecule has 8 heteroatoms. The summed E-state index contributed by atoms with van der Waals surface area (Å²) in [5, 5.41) is 0. The lowest BCUT2D eigenvalue weighted by Gasteiger charge is -2.05. The van der Waals surface area contributed by atoms with E-state index < -0.39 is 10.0 Å². The number of anilines is 1. The van der Waals surface area contributed by atoms with Crippen LogP contribution in [0.3, 0.4) is 0 Å². The second kappa shape index (κ2) is 6.36. The summed E-state index contributed by atoms with van der Waals surface area (Å²) < 4.78 is 25.9. The Balaban J connectivity index is 2.55. The smallest absolute Gasteiger partial charge is 0.233 e. The van der Waals surface area contributed by atoms with Crippen LogP contribution >= 0.6 is 27.5 Å². The van der Waals surface area contributed by atoms with E-state index in [1.54, 1.807) is 0 Å². The van der Waals surface area contributed by atoms with E-state index in [-0.39, 0.29) is 11.6 Å². The number of hydrogen-bond donors (Lipinski definition) is 1. The first-order valence-corrected chi connectivity index (χ1v) is 7.55. The molecule has 0 aliphatic rings. The molecule has 0 saturated heterocycles. The molecule has 1 rings (SSSR count). The van der Waals surface area contributed by atoms with Crippen LogP contribution in [0.25, 0.3) is 0 Å². The normalized spacial score (nSPS) is 11.4. The molecule has 0 spiro atoms. The van der Waals surface area contributed by atoms with Crippen LogP contribution in [0, 0.1) is 0 Å². The van der Waals surface area contributed by atoms with Crippen LogP contribution in [0.1, 0.15) is 12.8 Å². The van der Waals surface area contributed by atoms with Gasteiger partial charge in [0.05, 0.1) is 18.1 Å². The van der Waals surface area contributed by atoms with Crippen LogP contribution in [0.2, 0.25) is 0 Å². The Hall–Kier alpha value is -0.400. The molecule has 0 bridgehead atoms. The summed E-state index contributed by atoms with van der Waals surface area (Å²) >= 11 is 8.58. The first kappa shape index (κ1) is 13.7. The van der Waals surface area contributed by atoms with Gasteiger partial charge < -0.3 is 0 Å². The summed E-state index contributed by atoms with van der Waals surface area (Å²) in [5.41, 5.74) is 0. The summed E-state index contributed by atoms with van der Waals surface area (Å²) in [7, 11) is -3.35. The van der Waals surface area contributed by atoms with Gasteiger partial charge in [0.15, 0.2) is 5.82 Å². The fourth-order valence-electron chi connectivity index (χ4n) is 0.962. The fraction of sp³-hybridized carbons (Fsp3) is 0.500. The molecule has 0 fully saturated rings. The SMILES string of the molecule is O=S(=O)(CCCCCl)Nc1cnc(Br)cn1.